The minimum absolute atomic E-state index is 0.530. The lowest BCUT2D eigenvalue weighted by atomic mass is 10.1. The molecule has 2 aromatic heterocycles. The quantitative estimate of drug-likeness (QED) is 0.435. The Morgan fingerprint density at radius 3 is 2.32 bits per heavy atom. The number of aryl methyl sites for hydroxylation is 3. The Balaban J connectivity index is 1.95. The van der Waals surface area contributed by atoms with Crippen LogP contribution in [0.1, 0.15) is 22.5 Å². The number of fused-ring (bicyclic) bond motifs is 1. The van der Waals surface area contributed by atoms with E-state index in [1.54, 1.807) is 0 Å². The summed E-state index contributed by atoms with van der Waals surface area (Å²) in [5.41, 5.74) is 8.29. The van der Waals surface area contributed by atoms with Gasteiger partial charge in [-0.05, 0) is 44.9 Å². The number of nitrogens with one attached hydrogen (secondary N) is 1. The molecule has 0 atom stereocenters. The van der Waals surface area contributed by atoms with E-state index in [0.29, 0.717) is 5.88 Å². The van der Waals surface area contributed by atoms with E-state index in [4.69, 9.17) is 21.7 Å². The smallest absolute Gasteiger partial charge is 0.165 e. The zero-order valence-corrected chi connectivity index (χ0v) is 17.1. The van der Waals surface area contributed by atoms with Gasteiger partial charge in [-0.2, -0.15) is 9.61 Å². The van der Waals surface area contributed by atoms with Crippen molar-refractivity contribution >= 4 is 28.8 Å². The first-order valence-electron chi connectivity index (χ1n) is 9.42. The fourth-order valence-corrected chi connectivity index (χ4v) is 3.73. The van der Waals surface area contributed by atoms with Gasteiger partial charge in [-0.15, -0.1) is 11.6 Å². The zero-order chi connectivity index (χ0) is 19.7. The van der Waals surface area contributed by atoms with Gasteiger partial charge < -0.3 is 5.32 Å². The lowest BCUT2D eigenvalue weighted by Crippen LogP contribution is -2.09. The van der Waals surface area contributed by atoms with Crippen molar-refractivity contribution in [1.82, 2.24) is 14.6 Å². The van der Waals surface area contributed by atoms with E-state index in [1.807, 2.05) is 36.6 Å². The zero-order valence-electron chi connectivity index (χ0n) is 16.3. The molecule has 0 aliphatic heterocycles. The summed E-state index contributed by atoms with van der Waals surface area (Å²) in [6, 6.07) is 18.6. The van der Waals surface area contributed by atoms with Gasteiger partial charge in [-0.1, -0.05) is 48.0 Å². The molecule has 0 fully saturated rings. The van der Waals surface area contributed by atoms with Crippen LogP contribution in [0.25, 0.3) is 16.8 Å². The summed E-state index contributed by atoms with van der Waals surface area (Å²) < 4.78 is 1.92. The van der Waals surface area contributed by atoms with Crippen LogP contribution in [0, 0.1) is 20.8 Å². The van der Waals surface area contributed by atoms with Crippen molar-refractivity contribution in [1.29, 1.82) is 0 Å². The fraction of sp³-hybridized carbons (Fsp3) is 0.217. The number of hydrogen-bond donors (Lipinski definition) is 1. The molecule has 4 nitrogen and oxygen atoms in total. The standard InChI is InChI=1S/C23H23ClN4/c1-15-9-11-19(12-10-15)26-22-20(13-14-24)16(2)25-23-21(17(3)27-28(22)23)18-7-5-4-6-8-18/h4-12,26H,13-14H2,1-3H3. The van der Waals surface area contributed by atoms with Crippen LogP contribution in [0.3, 0.4) is 0 Å². The number of alkyl halides is 1. The number of hydrogen-bond acceptors (Lipinski definition) is 3. The van der Waals surface area contributed by atoms with Gasteiger partial charge in [-0.25, -0.2) is 4.98 Å². The SMILES string of the molecule is Cc1ccc(Nc2c(CCCl)c(C)nc3c(-c4ccccc4)c(C)nn23)cc1. The van der Waals surface area contributed by atoms with Crippen LogP contribution in [0.5, 0.6) is 0 Å². The summed E-state index contributed by atoms with van der Waals surface area (Å²) in [4.78, 5) is 4.91. The van der Waals surface area contributed by atoms with Gasteiger partial charge in [0.25, 0.3) is 0 Å². The van der Waals surface area contributed by atoms with E-state index in [0.717, 1.165) is 51.7 Å². The molecule has 1 N–H and O–H groups in total. The second kappa shape index (κ2) is 7.64. The topological polar surface area (TPSA) is 42.2 Å². The number of aromatic nitrogens is 3. The largest absolute Gasteiger partial charge is 0.340 e. The third kappa shape index (κ3) is 3.36. The Labute approximate surface area is 170 Å². The molecule has 4 aromatic rings. The third-order valence-corrected chi connectivity index (χ3v) is 5.15. The molecule has 0 unspecified atom stereocenters. The first-order chi connectivity index (χ1) is 13.6. The van der Waals surface area contributed by atoms with E-state index in [1.165, 1.54) is 5.56 Å². The van der Waals surface area contributed by atoms with Crippen LogP contribution in [-0.4, -0.2) is 20.5 Å². The second-order valence-electron chi connectivity index (χ2n) is 7.02. The van der Waals surface area contributed by atoms with Crippen LogP contribution in [-0.2, 0) is 6.42 Å². The van der Waals surface area contributed by atoms with Gasteiger partial charge in [0.05, 0.1) is 5.69 Å². The fourth-order valence-electron chi connectivity index (χ4n) is 3.54. The maximum Gasteiger partial charge on any atom is 0.165 e. The summed E-state index contributed by atoms with van der Waals surface area (Å²) >= 11 is 6.10. The molecule has 142 valence electrons. The molecule has 0 radical (unpaired) electrons. The Morgan fingerprint density at radius 1 is 0.929 bits per heavy atom. The first-order valence-corrected chi connectivity index (χ1v) is 9.96. The van der Waals surface area contributed by atoms with Crippen molar-refractivity contribution in [2.24, 2.45) is 0 Å². The summed E-state index contributed by atoms with van der Waals surface area (Å²) in [7, 11) is 0. The summed E-state index contributed by atoms with van der Waals surface area (Å²) in [5.74, 6) is 1.46. The van der Waals surface area contributed by atoms with Gasteiger partial charge in [-0.3, -0.25) is 0 Å². The Morgan fingerprint density at radius 2 is 1.64 bits per heavy atom. The highest BCUT2D eigenvalue weighted by molar-refractivity contribution is 6.18. The van der Waals surface area contributed by atoms with E-state index < -0.39 is 0 Å². The minimum Gasteiger partial charge on any atom is -0.340 e. The Bertz CT molecular complexity index is 1120. The Kier molecular flexibility index (Phi) is 5.05. The monoisotopic (exact) mass is 390 g/mol. The molecule has 0 saturated heterocycles. The lowest BCUT2D eigenvalue weighted by molar-refractivity contribution is 0.891. The molecule has 0 saturated carbocycles. The molecule has 2 aromatic carbocycles. The second-order valence-corrected chi connectivity index (χ2v) is 7.39. The van der Waals surface area contributed by atoms with Crippen molar-refractivity contribution in [2.45, 2.75) is 27.2 Å². The number of anilines is 2. The van der Waals surface area contributed by atoms with E-state index >= 15 is 0 Å². The average molecular weight is 391 g/mol. The summed E-state index contributed by atoms with van der Waals surface area (Å²) in [6.45, 7) is 6.16. The van der Waals surface area contributed by atoms with Crippen LogP contribution in [0.2, 0.25) is 0 Å². The molecule has 2 heterocycles. The number of nitrogens with zero attached hydrogens (tertiary/aromatic N) is 3. The third-order valence-electron chi connectivity index (χ3n) is 4.97. The van der Waals surface area contributed by atoms with Crippen molar-refractivity contribution in [3.63, 3.8) is 0 Å². The van der Waals surface area contributed by atoms with Crippen LogP contribution in [0.4, 0.5) is 11.5 Å². The van der Waals surface area contributed by atoms with Crippen molar-refractivity contribution in [2.75, 3.05) is 11.2 Å². The molecular formula is C23H23ClN4. The number of rotatable bonds is 5. The normalized spacial score (nSPS) is 11.1. The highest BCUT2D eigenvalue weighted by Gasteiger charge is 2.19. The van der Waals surface area contributed by atoms with Gasteiger partial charge in [0.2, 0.25) is 0 Å². The molecular weight excluding hydrogens is 368 g/mol. The number of benzene rings is 2. The highest BCUT2D eigenvalue weighted by atomic mass is 35.5. The molecule has 0 aliphatic carbocycles. The average Bonchev–Trinajstić information content (AvgIpc) is 3.02. The van der Waals surface area contributed by atoms with Gasteiger partial charge in [0.1, 0.15) is 5.82 Å². The molecule has 0 aliphatic rings. The maximum atomic E-state index is 6.10. The van der Waals surface area contributed by atoms with Crippen molar-refractivity contribution in [3.05, 3.63) is 77.1 Å². The van der Waals surface area contributed by atoms with E-state index in [2.05, 4.69) is 48.6 Å². The van der Waals surface area contributed by atoms with Crippen molar-refractivity contribution < 1.29 is 0 Å². The predicted octanol–water partition coefficient (Wildman–Crippen LogP) is 5.85. The highest BCUT2D eigenvalue weighted by Crippen LogP contribution is 2.32. The lowest BCUT2D eigenvalue weighted by Gasteiger charge is -2.16. The van der Waals surface area contributed by atoms with Crippen molar-refractivity contribution in [3.8, 4) is 11.1 Å². The minimum atomic E-state index is 0.530. The molecule has 5 heteroatoms. The van der Waals surface area contributed by atoms with E-state index in [-0.39, 0.29) is 0 Å². The summed E-state index contributed by atoms with van der Waals surface area (Å²) in [5, 5.41) is 8.40. The predicted molar refractivity (Wildman–Crippen MR) is 117 cm³/mol. The Hall–Kier alpha value is -2.85. The van der Waals surface area contributed by atoms with Gasteiger partial charge >= 0.3 is 0 Å². The maximum absolute atomic E-state index is 6.10. The molecule has 0 spiro atoms. The summed E-state index contributed by atoms with van der Waals surface area (Å²) in [6.07, 6.45) is 0.726. The van der Waals surface area contributed by atoms with Crippen LogP contribution in [0.15, 0.2) is 54.6 Å². The molecule has 0 amide bonds. The molecule has 0 bridgehead atoms. The molecule has 28 heavy (non-hydrogen) atoms. The van der Waals surface area contributed by atoms with Crippen LogP contribution >= 0.6 is 11.6 Å². The molecule has 4 rings (SSSR count). The first kappa shape index (κ1) is 18.5. The van der Waals surface area contributed by atoms with Gasteiger partial charge in [0.15, 0.2) is 5.65 Å². The van der Waals surface area contributed by atoms with Gasteiger partial charge in [0, 0.05) is 28.4 Å². The number of halogens is 1. The van der Waals surface area contributed by atoms with E-state index in [9.17, 15) is 0 Å². The van der Waals surface area contributed by atoms with Crippen LogP contribution < -0.4 is 5.32 Å².